The molecule has 8 heteroatoms. The number of nitrogens with zero attached hydrogens (tertiary/aromatic N) is 4. The van der Waals surface area contributed by atoms with Gasteiger partial charge in [-0.25, -0.2) is 0 Å². The first kappa shape index (κ1) is 23.1. The Morgan fingerprint density at radius 1 is 0.938 bits per heavy atom. The summed E-state index contributed by atoms with van der Waals surface area (Å²) in [6.45, 7) is 9.09. The lowest BCUT2D eigenvalue weighted by molar-refractivity contribution is 0.177. The van der Waals surface area contributed by atoms with E-state index in [1.807, 2.05) is 35.9 Å². The Balaban J connectivity index is 1.35. The minimum absolute atomic E-state index is 0.718. The third-order valence-corrected chi connectivity index (χ3v) is 6.96. The van der Waals surface area contributed by atoms with Gasteiger partial charge >= 0.3 is 0 Å². The van der Waals surface area contributed by atoms with E-state index in [-0.39, 0.29) is 0 Å². The van der Waals surface area contributed by atoms with Gasteiger partial charge in [0, 0.05) is 48.3 Å². The second kappa shape index (κ2) is 10.2. The molecular formula is C24H27Cl2N5S. The summed E-state index contributed by atoms with van der Waals surface area (Å²) in [4.78, 5) is 4.58. The number of aryl methyl sites for hydroxylation is 1. The third kappa shape index (κ3) is 5.26. The van der Waals surface area contributed by atoms with Crippen LogP contribution in [0.1, 0.15) is 22.5 Å². The predicted octanol–water partition coefficient (Wildman–Crippen LogP) is 5.37. The highest BCUT2D eigenvalue weighted by molar-refractivity contribution is 7.80. The van der Waals surface area contributed by atoms with Gasteiger partial charge in [-0.2, -0.15) is 5.10 Å². The van der Waals surface area contributed by atoms with E-state index in [0.717, 1.165) is 77.1 Å². The van der Waals surface area contributed by atoms with Gasteiger partial charge in [-0.1, -0.05) is 59.6 Å². The molecule has 2 heterocycles. The molecule has 0 spiro atoms. The van der Waals surface area contributed by atoms with Crippen LogP contribution in [0.25, 0.3) is 0 Å². The maximum atomic E-state index is 6.34. The topological polar surface area (TPSA) is 36.3 Å². The average Bonchev–Trinajstić information content (AvgIpc) is 3.05. The van der Waals surface area contributed by atoms with Crippen molar-refractivity contribution >= 4 is 46.2 Å². The van der Waals surface area contributed by atoms with Crippen molar-refractivity contribution in [3.63, 3.8) is 0 Å². The smallest absolute Gasteiger partial charge is 0.173 e. The summed E-state index contributed by atoms with van der Waals surface area (Å²) in [6, 6.07) is 16.0. The van der Waals surface area contributed by atoms with E-state index in [4.69, 9.17) is 40.5 Å². The van der Waals surface area contributed by atoms with Crippen LogP contribution in [0, 0.1) is 13.8 Å². The van der Waals surface area contributed by atoms with Crippen LogP contribution in [0.3, 0.4) is 0 Å². The molecule has 2 aromatic carbocycles. The molecule has 1 aliphatic rings. The van der Waals surface area contributed by atoms with Crippen molar-refractivity contribution < 1.29 is 0 Å². The number of hydrogen-bond acceptors (Lipinski definition) is 3. The molecule has 0 amide bonds. The van der Waals surface area contributed by atoms with E-state index >= 15 is 0 Å². The SMILES string of the molecule is Cc1nn(Cc2ccccc2)c(C)c1NC(=S)N1CCN(Cc2c(Cl)cccc2Cl)CC1. The lowest BCUT2D eigenvalue weighted by atomic mass is 10.2. The van der Waals surface area contributed by atoms with Gasteiger partial charge in [0.05, 0.1) is 23.6 Å². The molecule has 1 N–H and O–H groups in total. The molecule has 1 saturated heterocycles. The molecule has 32 heavy (non-hydrogen) atoms. The van der Waals surface area contributed by atoms with Gasteiger partial charge in [-0.15, -0.1) is 0 Å². The summed E-state index contributed by atoms with van der Waals surface area (Å²) in [5, 5.41) is 10.4. The number of rotatable bonds is 5. The second-order valence-electron chi connectivity index (χ2n) is 8.08. The number of thiocarbonyl (C=S) groups is 1. The standard InChI is InChI=1S/C24H27Cl2N5S/c1-17-23(18(2)31(28-17)15-19-7-4-3-5-8-19)27-24(32)30-13-11-29(12-14-30)16-20-21(25)9-6-10-22(20)26/h3-10H,11-16H2,1-2H3,(H,27,32). The van der Waals surface area contributed by atoms with Crippen LogP contribution in [-0.2, 0) is 13.1 Å². The highest BCUT2D eigenvalue weighted by atomic mass is 35.5. The first-order chi connectivity index (χ1) is 15.4. The number of hydrogen-bond donors (Lipinski definition) is 1. The number of aromatic nitrogens is 2. The number of anilines is 1. The molecule has 1 aliphatic heterocycles. The fraction of sp³-hybridized carbons (Fsp3) is 0.333. The van der Waals surface area contributed by atoms with E-state index in [1.54, 1.807) is 0 Å². The molecule has 168 valence electrons. The van der Waals surface area contributed by atoms with Crippen LogP contribution < -0.4 is 5.32 Å². The summed E-state index contributed by atoms with van der Waals surface area (Å²) in [5.41, 5.74) is 5.24. The molecule has 0 bridgehead atoms. The quantitative estimate of drug-likeness (QED) is 0.489. The van der Waals surface area contributed by atoms with Gasteiger partial charge in [0.25, 0.3) is 0 Å². The van der Waals surface area contributed by atoms with Crippen LogP contribution in [0.4, 0.5) is 5.69 Å². The number of piperazine rings is 1. The van der Waals surface area contributed by atoms with E-state index in [0.29, 0.717) is 0 Å². The number of benzene rings is 2. The van der Waals surface area contributed by atoms with E-state index < -0.39 is 0 Å². The highest BCUT2D eigenvalue weighted by Crippen LogP contribution is 2.26. The average molecular weight is 488 g/mol. The van der Waals surface area contributed by atoms with Crippen LogP contribution in [0.5, 0.6) is 0 Å². The zero-order valence-electron chi connectivity index (χ0n) is 18.3. The van der Waals surface area contributed by atoms with Crippen LogP contribution >= 0.6 is 35.4 Å². The lowest BCUT2D eigenvalue weighted by Crippen LogP contribution is -2.49. The first-order valence-electron chi connectivity index (χ1n) is 10.7. The van der Waals surface area contributed by atoms with Gasteiger partial charge in [0.15, 0.2) is 5.11 Å². The minimum atomic E-state index is 0.718. The lowest BCUT2D eigenvalue weighted by Gasteiger charge is -2.36. The van der Waals surface area contributed by atoms with Crippen molar-refractivity contribution in [1.82, 2.24) is 19.6 Å². The molecule has 0 aliphatic carbocycles. The Hall–Kier alpha value is -2.12. The van der Waals surface area contributed by atoms with Gasteiger partial charge in [0.1, 0.15) is 0 Å². The molecule has 0 saturated carbocycles. The maximum Gasteiger partial charge on any atom is 0.173 e. The molecule has 1 fully saturated rings. The third-order valence-electron chi connectivity index (χ3n) is 5.89. The van der Waals surface area contributed by atoms with Crippen molar-refractivity contribution in [3.05, 3.63) is 81.1 Å². The Bertz CT molecular complexity index is 1070. The molecule has 0 atom stereocenters. The van der Waals surface area contributed by atoms with Crippen LogP contribution in [0.2, 0.25) is 10.0 Å². The number of halogens is 2. The molecule has 4 rings (SSSR count). The molecule has 5 nitrogen and oxygen atoms in total. The van der Waals surface area contributed by atoms with Gasteiger partial charge in [-0.3, -0.25) is 9.58 Å². The normalized spacial score (nSPS) is 14.6. The largest absolute Gasteiger partial charge is 0.346 e. The summed E-state index contributed by atoms with van der Waals surface area (Å²) in [6.07, 6.45) is 0. The molecule has 0 radical (unpaired) electrons. The predicted molar refractivity (Wildman–Crippen MR) is 137 cm³/mol. The fourth-order valence-corrected chi connectivity index (χ4v) is 4.79. The van der Waals surface area contributed by atoms with Crippen molar-refractivity contribution in [2.24, 2.45) is 0 Å². The van der Waals surface area contributed by atoms with Crippen molar-refractivity contribution in [3.8, 4) is 0 Å². The Kier molecular flexibility index (Phi) is 7.36. The Morgan fingerprint density at radius 3 is 2.25 bits per heavy atom. The van der Waals surface area contributed by atoms with E-state index in [1.165, 1.54) is 5.56 Å². The molecular weight excluding hydrogens is 461 g/mol. The summed E-state index contributed by atoms with van der Waals surface area (Å²) in [7, 11) is 0. The first-order valence-corrected chi connectivity index (χ1v) is 11.9. The Morgan fingerprint density at radius 2 is 1.59 bits per heavy atom. The molecule has 0 unspecified atom stereocenters. The van der Waals surface area contributed by atoms with Crippen molar-refractivity contribution in [1.29, 1.82) is 0 Å². The summed E-state index contributed by atoms with van der Waals surface area (Å²) >= 11 is 18.4. The van der Waals surface area contributed by atoms with E-state index in [2.05, 4.69) is 46.3 Å². The summed E-state index contributed by atoms with van der Waals surface area (Å²) in [5.74, 6) is 0. The zero-order valence-corrected chi connectivity index (χ0v) is 20.6. The van der Waals surface area contributed by atoms with Crippen molar-refractivity contribution in [2.45, 2.75) is 26.9 Å². The second-order valence-corrected chi connectivity index (χ2v) is 9.28. The van der Waals surface area contributed by atoms with Crippen molar-refractivity contribution in [2.75, 3.05) is 31.5 Å². The van der Waals surface area contributed by atoms with Crippen LogP contribution in [-0.4, -0.2) is 50.9 Å². The van der Waals surface area contributed by atoms with Gasteiger partial charge < -0.3 is 10.2 Å². The fourth-order valence-electron chi connectivity index (χ4n) is 3.99. The van der Waals surface area contributed by atoms with E-state index in [9.17, 15) is 0 Å². The van der Waals surface area contributed by atoms with Gasteiger partial charge in [0.2, 0.25) is 0 Å². The van der Waals surface area contributed by atoms with Crippen LogP contribution in [0.15, 0.2) is 48.5 Å². The zero-order chi connectivity index (χ0) is 22.7. The minimum Gasteiger partial charge on any atom is -0.346 e. The number of nitrogens with one attached hydrogen (secondary N) is 1. The van der Waals surface area contributed by atoms with Gasteiger partial charge in [-0.05, 0) is 43.8 Å². The summed E-state index contributed by atoms with van der Waals surface area (Å²) < 4.78 is 2.03. The monoisotopic (exact) mass is 487 g/mol. The highest BCUT2D eigenvalue weighted by Gasteiger charge is 2.22. The maximum absolute atomic E-state index is 6.34. The molecule has 1 aromatic heterocycles. The Labute approximate surface area is 204 Å². The molecule has 3 aromatic rings.